The first kappa shape index (κ1) is 15.8. The van der Waals surface area contributed by atoms with Gasteiger partial charge < -0.3 is 18.8 Å². The van der Waals surface area contributed by atoms with Crippen LogP contribution in [0.4, 0.5) is 0 Å². The number of rotatable bonds is 3. The lowest BCUT2D eigenvalue weighted by molar-refractivity contribution is 0.00578. The van der Waals surface area contributed by atoms with Crippen LogP contribution in [-0.2, 0) is 14.0 Å². The fraction of sp³-hybridized carbons (Fsp3) is 0.571. The van der Waals surface area contributed by atoms with Gasteiger partial charge >= 0.3 is 13.1 Å². The molecule has 0 amide bonds. The zero-order valence-electron chi connectivity index (χ0n) is 13.2. The molecule has 0 bridgehead atoms. The first-order valence-corrected chi connectivity index (χ1v) is 6.70. The molecule has 114 valence electrons. The number of methoxy groups -OCH3 is 2. The van der Waals surface area contributed by atoms with E-state index in [1.54, 1.807) is 0 Å². The van der Waals surface area contributed by atoms with E-state index >= 15 is 0 Å². The minimum Gasteiger partial charge on any atom is -0.481 e. The smallest absolute Gasteiger partial charge is 0.481 e. The van der Waals surface area contributed by atoms with E-state index in [4.69, 9.17) is 18.8 Å². The Bertz CT molecular complexity index is 542. The van der Waals surface area contributed by atoms with Crippen LogP contribution >= 0.6 is 0 Å². The molecule has 6 nitrogen and oxygen atoms in total. The Morgan fingerprint density at radius 3 is 2.24 bits per heavy atom. The number of pyridine rings is 1. The van der Waals surface area contributed by atoms with Crippen LogP contribution in [0.25, 0.3) is 0 Å². The van der Waals surface area contributed by atoms with E-state index in [0.717, 1.165) is 0 Å². The Hall–Kier alpha value is -1.60. The highest BCUT2D eigenvalue weighted by Gasteiger charge is 2.52. The van der Waals surface area contributed by atoms with Crippen LogP contribution < -0.4 is 10.2 Å². The average molecular weight is 293 g/mol. The predicted octanol–water partition coefficient (Wildman–Crippen LogP) is 1.18. The number of aromatic nitrogens is 1. The van der Waals surface area contributed by atoms with Crippen molar-refractivity contribution in [3.05, 3.63) is 17.8 Å². The van der Waals surface area contributed by atoms with E-state index in [9.17, 15) is 4.79 Å². The van der Waals surface area contributed by atoms with Gasteiger partial charge in [-0.05, 0) is 27.7 Å². The second-order valence-corrected chi connectivity index (χ2v) is 5.89. The van der Waals surface area contributed by atoms with Gasteiger partial charge in [-0.1, -0.05) is 0 Å². The summed E-state index contributed by atoms with van der Waals surface area (Å²) in [6.45, 7) is 7.78. The summed E-state index contributed by atoms with van der Waals surface area (Å²) in [5.41, 5.74) is -0.139. The fourth-order valence-electron chi connectivity index (χ4n) is 2.00. The molecule has 0 saturated carbocycles. The molecule has 1 saturated heterocycles. The van der Waals surface area contributed by atoms with E-state index in [1.807, 2.05) is 27.7 Å². The van der Waals surface area contributed by atoms with Crippen molar-refractivity contribution in [2.75, 3.05) is 14.2 Å². The Morgan fingerprint density at radius 2 is 1.76 bits per heavy atom. The van der Waals surface area contributed by atoms with Crippen molar-refractivity contribution in [2.24, 2.45) is 0 Å². The summed E-state index contributed by atoms with van der Waals surface area (Å²) >= 11 is 0. The first-order valence-electron chi connectivity index (χ1n) is 6.70. The molecular formula is C14H20BNO5. The lowest BCUT2D eigenvalue weighted by Crippen LogP contribution is -2.41. The maximum atomic E-state index is 12.0. The van der Waals surface area contributed by atoms with Gasteiger partial charge in [-0.2, -0.15) is 0 Å². The number of hydrogen-bond acceptors (Lipinski definition) is 6. The highest BCUT2D eigenvalue weighted by Crippen LogP contribution is 2.36. The Balaban J connectivity index is 2.43. The van der Waals surface area contributed by atoms with Crippen LogP contribution in [0.3, 0.4) is 0 Å². The molecule has 1 aliphatic heterocycles. The molecule has 0 spiro atoms. The molecule has 0 N–H and O–H groups in total. The molecule has 1 aromatic heterocycles. The van der Waals surface area contributed by atoms with Crippen LogP contribution in [0, 0.1) is 0 Å². The third-order valence-electron chi connectivity index (χ3n) is 4.03. The third-order valence-corrected chi connectivity index (χ3v) is 4.03. The van der Waals surface area contributed by atoms with Gasteiger partial charge in [0.1, 0.15) is 0 Å². The molecule has 0 radical (unpaired) electrons. The quantitative estimate of drug-likeness (QED) is 0.616. The maximum Gasteiger partial charge on any atom is 0.497 e. The number of ether oxygens (including phenoxy) is 2. The van der Waals surface area contributed by atoms with Crippen molar-refractivity contribution in [1.29, 1.82) is 0 Å². The Morgan fingerprint density at radius 1 is 1.19 bits per heavy atom. The molecule has 0 aliphatic carbocycles. The van der Waals surface area contributed by atoms with E-state index < -0.39 is 24.3 Å². The van der Waals surface area contributed by atoms with Gasteiger partial charge in [0.25, 0.3) is 0 Å². The predicted molar refractivity (Wildman–Crippen MR) is 77.8 cm³/mol. The second-order valence-electron chi connectivity index (χ2n) is 5.89. The summed E-state index contributed by atoms with van der Waals surface area (Å²) in [6, 6.07) is 1.52. The molecule has 7 heteroatoms. The summed E-state index contributed by atoms with van der Waals surface area (Å²) in [5.74, 6) is -0.156. The van der Waals surface area contributed by atoms with Crippen molar-refractivity contribution in [3.8, 4) is 5.88 Å². The van der Waals surface area contributed by atoms with Crippen molar-refractivity contribution < 1.29 is 23.6 Å². The largest absolute Gasteiger partial charge is 0.497 e. The number of esters is 1. The van der Waals surface area contributed by atoms with E-state index in [-0.39, 0.29) is 0 Å². The summed E-state index contributed by atoms with van der Waals surface area (Å²) in [5, 5.41) is 0. The van der Waals surface area contributed by atoms with Crippen LogP contribution in [0.15, 0.2) is 12.3 Å². The number of carbonyl (C=O) groups excluding carboxylic acids is 1. The van der Waals surface area contributed by atoms with Gasteiger partial charge in [-0.3, -0.25) is 0 Å². The normalized spacial score (nSPS) is 19.4. The van der Waals surface area contributed by atoms with Crippen molar-refractivity contribution in [1.82, 2.24) is 4.98 Å². The molecule has 21 heavy (non-hydrogen) atoms. The van der Waals surface area contributed by atoms with Crippen LogP contribution in [0.1, 0.15) is 38.1 Å². The summed E-state index contributed by atoms with van der Waals surface area (Å²) in [7, 11) is 2.13. The third kappa shape index (κ3) is 2.75. The fourth-order valence-corrected chi connectivity index (χ4v) is 2.00. The standard InChI is InChI=1S/C14H20BNO5/c1-13(2)14(3,4)21-15(20-13)10-8-16-11(18-5)7-9(10)12(17)19-6/h7-8H,1-6H3. The highest BCUT2D eigenvalue weighted by atomic mass is 16.7. The second kappa shape index (κ2) is 5.31. The molecule has 0 atom stereocenters. The molecule has 0 unspecified atom stereocenters. The minimum atomic E-state index is -0.678. The van der Waals surface area contributed by atoms with E-state index in [2.05, 4.69) is 4.98 Å². The molecule has 1 aromatic rings. The summed E-state index contributed by atoms with van der Waals surface area (Å²) in [6.07, 6.45) is 1.52. The topological polar surface area (TPSA) is 66.9 Å². The van der Waals surface area contributed by atoms with Crippen molar-refractivity contribution >= 4 is 18.6 Å². The molecule has 2 rings (SSSR count). The lowest BCUT2D eigenvalue weighted by atomic mass is 9.77. The van der Waals surface area contributed by atoms with Crippen LogP contribution in [-0.4, -0.2) is 43.5 Å². The minimum absolute atomic E-state index is 0.322. The SMILES string of the molecule is COC(=O)c1cc(OC)ncc1B1OC(C)(C)C(C)(C)O1. The highest BCUT2D eigenvalue weighted by molar-refractivity contribution is 6.63. The molecule has 2 heterocycles. The van der Waals surface area contributed by atoms with Crippen molar-refractivity contribution in [2.45, 2.75) is 38.9 Å². The number of hydrogen-bond donors (Lipinski definition) is 0. The van der Waals surface area contributed by atoms with Gasteiger partial charge in [0.2, 0.25) is 5.88 Å². The molecule has 1 fully saturated rings. The van der Waals surface area contributed by atoms with Gasteiger partial charge in [-0.25, -0.2) is 9.78 Å². The van der Waals surface area contributed by atoms with Gasteiger partial charge in [0.15, 0.2) is 0 Å². The zero-order valence-corrected chi connectivity index (χ0v) is 13.2. The van der Waals surface area contributed by atoms with Gasteiger partial charge in [0, 0.05) is 17.7 Å². The van der Waals surface area contributed by atoms with Gasteiger partial charge in [-0.15, -0.1) is 0 Å². The Kier molecular flexibility index (Phi) is 3.99. The monoisotopic (exact) mass is 293 g/mol. The molecular weight excluding hydrogens is 273 g/mol. The summed E-state index contributed by atoms with van der Waals surface area (Å²) in [4.78, 5) is 16.1. The number of carbonyl (C=O) groups is 1. The Labute approximate surface area is 124 Å². The van der Waals surface area contributed by atoms with Crippen molar-refractivity contribution in [3.63, 3.8) is 0 Å². The van der Waals surface area contributed by atoms with Crippen LogP contribution in [0.5, 0.6) is 5.88 Å². The summed E-state index contributed by atoms with van der Waals surface area (Å²) < 4.78 is 21.8. The van der Waals surface area contributed by atoms with Crippen LogP contribution in [0.2, 0.25) is 0 Å². The zero-order chi connectivity index (χ0) is 15.8. The van der Waals surface area contributed by atoms with Gasteiger partial charge in [0.05, 0.1) is 31.0 Å². The first-order chi connectivity index (χ1) is 9.71. The molecule has 0 aromatic carbocycles. The van der Waals surface area contributed by atoms with E-state index in [0.29, 0.717) is 16.9 Å². The van der Waals surface area contributed by atoms with E-state index in [1.165, 1.54) is 26.5 Å². The number of nitrogens with zero attached hydrogens (tertiary/aromatic N) is 1. The lowest BCUT2D eigenvalue weighted by Gasteiger charge is -2.32. The maximum absolute atomic E-state index is 12.0. The average Bonchev–Trinajstić information content (AvgIpc) is 2.65. The molecule has 1 aliphatic rings.